The lowest BCUT2D eigenvalue weighted by Crippen LogP contribution is -2.46. The van der Waals surface area contributed by atoms with Crippen LogP contribution >= 0.6 is 0 Å². The third-order valence-electron chi connectivity index (χ3n) is 13.6. The Hall–Kier alpha value is -1.40. The number of hydrogen-bond acceptors (Lipinski definition) is 5. The van der Waals surface area contributed by atoms with Gasteiger partial charge in [0.1, 0.15) is 6.10 Å². The number of nitrogens with one attached hydrogen (secondary N) is 1. The topological polar surface area (TPSA) is 95.9 Å². The summed E-state index contributed by atoms with van der Waals surface area (Å²) < 4.78 is 5.96. The molecular weight excluding hydrogens is 791 g/mol. The lowest BCUT2D eigenvalue weighted by atomic mass is 10.0. The van der Waals surface area contributed by atoms with Gasteiger partial charge in [-0.3, -0.25) is 9.59 Å². The van der Waals surface area contributed by atoms with E-state index in [1.807, 2.05) is 0 Å². The van der Waals surface area contributed by atoms with E-state index in [0.29, 0.717) is 19.3 Å². The van der Waals surface area contributed by atoms with Crippen LogP contribution in [0.3, 0.4) is 0 Å². The molecule has 0 spiro atoms. The first-order chi connectivity index (χ1) is 31.5. The maximum Gasteiger partial charge on any atom is 0.306 e. The number of unbranched alkanes of at least 4 members (excludes halogenated alkanes) is 39. The Labute approximate surface area is 399 Å². The number of hydrogen-bond donors (Lipinski definition) is 3. The van der Waals surface area contributed by atoms with Gasteiger partial charge < -0.3 is 20.3 Å². The first-order valence-corrected chi connectivity index (χ1v) is 28.9. The maximum absolute atomic E-state index is 13.3. The second-order valence-electron chi connectivity index (χ2n) is 20.1. The largest absolute Gasteiger partial charge is 0.462 e. The van der Waals surface area contributed by atoms with Gasteiger partial charge in [0.15, 0.2) is 0 Å². The number of carbonyl (C=O) groups is 2. The molecule has 0 aliphatic rings. The number of amides is 1. The van der Waals surface area contributed by atoms with Crippen LogP contribution in [0.1, 0.15) is 323 Å². The van der Waals surface area contributed by atoms with Crippen molar-refractivity contribution in [1.29, 1.82) is 0 Å². The Balaban J connectivity index is 4.48. The van der Waals surface area contributed by atoms with Gasteiger partial charge in [-0.2, -0.15) is 0 Å². The van der Waals surface area contributed by atoms with Crippen LogP contribution in [0.15, 0.2) is 12.2 Å². The third kappa shape index (κ3) is 47.1. The van der Waals surface area contributed by atoms with Gasteiger partial charge in [-0.25, -0.2) is 0 Å². The highest BCUT2D eigenvalue weighted by atomic mass is 16.5. The lowest BCUT2D eigenvalue weighted by molar-refractivity contribution is -0.151. The highest BCUT2D eigenvalue weighted by molar-refractivity contribution is 5.77. The molecule has 1 amide bonds. The van der Waals surface area contributed by atoms with Gasteiger partial charge in [0.05, 0.1) is 25.2 Å². The van der Waals surface area contributed by atoms with Crippen LogP contribution in [0.5, 0.6) is 0 Å². The van der Waals surface area contributed by atoms with Crippen molar-refractivity contribution in [2.24, 2.45) is 0 Å². The molecule has 6 nitrogen and oxygen atoms in total. The summed E-state index contributed by atoms with van der Waals surface area (Å²) in [5, 5.41) is 23.9. The number of ether oxygens (including phenoxy) is 1. The molecular formula is C58H113NO5. The van der Waals surface area contributed by atoms with Gasteiger partial charge in [0.2, 0.25) is 5.91 Å². The molecule has 0 aromatic carbocycles. The van der Waals surface area contributed by atoms with Crippen molar-refractivity contribution in [2.45, 2.75) is 341 Å². The van der Waals surface area contributed by atoms with Gasteiger partial charge in [-0.05, 0) is 51.4 Å². The lowest BCUT2D eigenvalue weighted by Gasteiger charge is -2.24. The zero-order chi connectivity index (χ0) is 46.7. The smallest absolute Gasteiger partial charge is 0.306 e. The average Bonchev–Trinajstić information content (AvgIpc) is 3.29. The van der Waals surface area contributed by atoms with Crippen LogP contribution in [0.4, 0.5) is 0 Å². The van der Waals surface area contributed by atoms with Crippen LogP contribution < -0.4 is 5.32 Å². The summed E-state index contributed by atoms with van der Waals surface area (Å²) in [5.74, 6) is -0.461. The molecule has 0 bridgehead atoms. The van der Waals surface area contributed by atoms with Crippen LogP contribution in [0.2, 0.25) is 0 Å². The van der Waals surface area contributed by atoms with Gasteiger partial charge in [0, 0.05) is 6.42 Å². The van der Waals surface area contributed by atoms with E-state index in [4.69, 9.17) is 4.74 Å². The van der Waals surface area contributed by atoms with Crippen molar-refractivity contribution >= 4 is 11.9 Å². The molecule has 0 fully saturated rings. The predicted molar refractivity (Wildman–Crippen MR) is 278 cm³/mol. The van der Waals surface area contributed by atoms with Crippen LogP contribution in [-0.2, 0) is 14.3 Å². The zero-order valence-corrected chi connectivity index (χ0v) is 43.4. The van der Waals surface area contributed by atoms with Crippen molar-refractivity contribution in [1.82, 2.24) is 5.32 Å². The molecule has 380 valence electrons. The first kappa shape index (κ1) is 62.6. The summed E-state index contributed by atoms with van der Waals surface area (Å²) >= 11 is 0. The van der Waals surface area contributed by atoms with E-state index in [-0.39, 0.29) is 24.9 Å². The molecule has 0 saturated carbocycles. The molecule has 0 radical (unpaired) electrons. The molecule has 0 heterocycles. The van der Waals surface area contributed by atoms with Crippen molar-refractivity contribution in [3.63, 3.8) is 0 Å². The molecule has 0 aliphatic carbocycles. The summed E-state index contributed by atoms with van der Waals surface area (Å²) in [6, 6.07) is -0.697. The first-order valence-electron chi connectivity index (χ1n) is 28.9. The van der Waals surface area contributed by atoms with Gasteiger partial charge in [-0.1, -0.05) is 270 Å². The molecule has 0 rings (SSSR count). The molecule has 6 heteroatoms. The summed E-state index contributed by atoms with van der Waals surface area (Å²) in [4.78, 5) is 26.2. The molecule has 0 aromatic rings. The molecule has 0 aromatic heterocycles. The van der Waals surface area contributed by atoms with E-state index in [2.05, 4.69) is 38.2 Å². The fourth-order valence-electron chi connectivity index (χ4n) is 9.19. The second kappa shape index (κ2) is 52.6. The summed E-state index contributed by atoms with van der Waals surface area (Å²) in [5.41, 5.74) is 0. The van der Waals surface area contributed by atoms with E-state index in [1.54, 1.807) is 0 Å². The fraction of sp³-hybridized carbons (Fsp3) is 0.931. The summed E-state index contributed by atoms with van der Waals surface area (Å²) in [6.45, 7) is 6.52. The van der Waals surface area contributed by atoms with Crippen molar-refractivity contribution in [3.8, 4) is 0 Å². The molecule has 64 heavy (non-hydrogen) atoms. The number of allylic oxidation sites excluding steroid dienone is 2. The monoisotopic (exact) mass is 904 g/mol. The minimum Gasteiger partial charge on any atom is -0.462 e. The van der Waals surface area contributed by atoms with Crippen LogP contribution in [0.25, 0.3) is 0 Å². The van der Waals surface area contributed by atoms with Crippen LogP contribution in [0, 0.1) is 0 Å². The van der Waals surface area contributed by atoms with Crippen molar-refractivity contribution in [2.75, 3.05) is 6.61 Å². The van der Waals surface area contributed by atoms with E-state index >= 15 is 0 Å². The quantitative estimate of drug-likeness (QED) is 0.0321. The minimum atomic E-state index is -0.784. The highest BCUT2D eigenvalue weighted by Crippen LogP contribution is 2.19. The van der Waals surface area contributed by atoms with Crippen molar-refractivity contribution < 1.29 is 24.5 Å². The maximum atomic E-state index is 13.3. The standard InChI is InChI=1S/C58H113NO5/c1-4-7-10-13-16-19-22-25-27-29-32-35-38-41-44-47-50-56(61)55(53-60)59-57(62)52-54(49-46-43-40-37-34-31-24-21-18-15-12-9-6-3)64-58(63)51-48-45-42-39-36-33-30-28-26-23-20-17-14-11-8-5-2/h28,30,54-56,60-61H,4-27,29,31-53H2,1-3H3,(H,59,62)/b30-28+. The van der Waals surface area contributed by atoms with E-state index in [9.17, 15) is 19.8 Å². The highest BCUT2D eigenvalue weighted by Gasteiger charge is 2.24. The molecule has 0 saturated heterocycles. The van der Waals surface area contributed by atoms with E-state index in [1.165, 1.54) is 225 Å². The number of aliphatic hydroxyl groups excluding tert-OH is 2. The predicted octanol–water partition coefficient (Wildman–Crippen LogP) is 17.7. The summed E-state index contributed by atoms with van der Waals surface area (Å²) in [6.07, 6.45) is 59.9. The van der Waals surface area contributed by atoms with E-state index < -0.39 is 18.2 Å². The Morgan fingerprint density at radius 3 is 1.11 bits per heavy atom. The van der Waals surface area contributed by atoms with Crippen molar-refractivity contribution in [3.05, 3.63) is 12.2 Å². The van der Waals surface area contributed by atoms with Gasteiger partial charge in [0.25, 0.3) is 0 Å². The molecule has 3 atom stereocenters. The van der Waals surface area contributed by atoms with E-state index in [0.717, 1.165) is 51.4 Å². The third-order valence-corrected chi connectivity index (χ3v) is 13.6. The normalized spacial score (nSPS) is 13.1. The molecule has 0 aliphatic heterocycles. The Bertz CT molecular complexity index is 970. The van der Waals surface area contributed by atoms with Gasteiger partial charge >= 0.3 is 5.97 Å². The van der Waals surface area contributed by atoms with Gasteiger partial charge in [-0.15, -0.1) is 0 Å². The number of esters is 1. The Morgan fingerprint density at radius 2 is 0.750 bits per heavy atom. The number of aliphatic hydroxyl groups is 2. The second-order valence-corrected chi connectivity index (χ2v) is 20.1. The Kier molecular flexibility index (Phi) is 51.4. The Morgan fingerprint density at radius 1 is 0.438 bits per heavy atom. The summed E-state index contributed by atoms with van der Waals surface area (Å²) in [7, 11) is 0. The molecule has 3 N–H and O–H groups in total. The number of carbonyl (C=O) groups excluding carboxylic acids is 2. The average molecular weight is 905 g/mol. The zero-order valence-electron chi connectivity index (χ0n) is 43.4. The minimum absolute atomic E-state index is 0.0821. The fourth-order valence-corrected chi connectivity index (χ4v) is 9.19. The number of rotatable bonds is 53. The SMILES string of the molecule is CCCCCCCCC/C=C/CCCCCCCC(=O)OC(CCCCCCCCCCCCCCC)CC(=O)NC(CO)C(O)CCCCCCCCCCCCCCCCCC. The van der Waals surface area contributed by atoms with Crippen LogP contribution in [-0.4, -0.2) is 46.9 Å². The molecule has 3 unspecified atom stereocenters.